The molecule has 1 aliphatic rings. The van der Waals surface area contributed by atoms with E-state index in [1.54, 1.807) is 6.08 Å². The summed E-state index contributed by atoms with van der Waals surface area (Å²) in [6, 6.07) is -0.801. The second-order valence-corrected chi connectivity index (χ2v) is 25.4. The van der Waals surface area contributed by atoms with Crippen molar-refractivity contribution in [3.05, 3.63) is 12.2 Å². The molecule has 476 valence electrons. The fourth-order valence-corrected chi connectivity index (χ4v) is 12.0. The molecule has 0 saturated carbocycles. The highest BCUT2D eigenvalue weighted by atomic mass is 16.7. The number of nitrogens with one attached hydrogen (secondary N) is 1. The van der Waals surface area contributed by atoms with E-state index in [1.807, 2.05) is 6.08 Å². The van der Waals surface area contributed by atoms with E-state index in [4.69, 9.17) is 9.47 Å². The van der Waals surface area contributed by atoms with E-state index in [0.717, 1.165) is 38.5 Å². The van der Waals surface area contributed by atoms with Crippen LogP contribution < -0.4 is 5.32 Å². The molecule has 1 fully saturated rings. The number of carbonyl (C=O) groups excluding carboxylic acids is 1. The maximum atomic E-state index is 13.1. The molecule has 0 radical (unpaired) electrons. The van der Waals surface area contributed by atoms with Gasteiger partial charge in [0.05, 0.1) is 25.4 Å². The summed E-state index contributed by atoms with van der Waals surface area (Å²) in [5.41, 5.74) is 0. The molecule has 1 saturated heterocycles. The molecule has 1 rings (SSSR count). The van der Waals surface area contributed by atoms with Crippen LogP contribution in [0.5, 0.6) is 0 Å². The van der Waals surface area contributed by atoms with Crippen LogP contribution >= 0.6 is 0 Å². The Labute approximate surface area is 496 Å². The van der Waals surface area contributed by atoms with Crippen molar-refractivity contribution in [2.45, 2.75) is 423 Å². The minimum Gasteiger partial charge on any atom is -0.394 e. The largest absolute Gasteiger partial charge is 0.394 e. The minimum atomic E-state index is -1.56. The first-order valence-electron chi connectivity index (χ1n) is 35.9. The van der Waals surface area contributed by atoms with Gasteiger partial charge in [0.1, 0.15) is 24.4 Å². The lowest BCUT2D eigenvalue weighted by molar-refractivity contribution is -0.302. The average molecular weight is 1130 g/mol. The third kappa shape index (κ3) is 49.2. The Hall–Kier alpha value is -1.07. The lowest BCUT2D eigenvalue weighted by atomic mass is 9.99. The zero-order chi connectivity index (χ0) is 57.9. The van der Waals surface area contributed by atoms with E-state index >= 15 is 0 Å². The van der Waals surface area contributed by atoms with Gasteiger partial charge in [-0.3, -0.25) is 4.79 Å². The Kier molecular flexibility index (Phi) is 58.7. The van der Waals surface area contributed by atoms with Gasteiger partial charge in [0.25, 0.3) is 0 Å². The Morgan fingerprint density at radius 1 is 0.412 bits per heavy atom. The minimum absolute atomic E-state index is 0.167. The maximum absolute atomic E-state index is 13.1. The van der Waals surface area contributed by atoms with E-state index in [-0.39, 0.29) is 12.5 Å². The topological polar surface area (TPSA) is 149 Å². The van der Waals surface area contributed by atoms with Crippen molar-refractivity contribution in [2.75, 3.05) is 13.2 Å². The van der Waals surface area contributed by atoms with Gasteiger partial charge in [-0.2, -0.15) is 0 Å². The first-order valence-corrected chi connectivity index (χ1v) is 35.9. The molecule has 6 N–H and O–H groups in total. The number of hydrogen-bond acceptors (Lipinski definition) is 8. The molecule has 0 aromatic carbocycles. The number of allylic oxidation sites excluding steroid dienone is 1. The van der Waals surface area contributed by atoms with Crippen LogP contribution in [0.15, 0.2) is 12.2 Å². The molecule has 0 aliphatic carbocycles. The normalized spacial score (nSPS) is 18.4. The van der Waals surface area contributed by atoms with Crippen molar-refractivity contribution in [2.24, 2.45) is 0 Å². The van der Waals surface area contributed by atoms with Crippen LogP contribution in [0.3, 0.4) is 0 Å². The Morgan fingerprint density at radius 3 is 0.975 bits per heavy atom. The van der Waals surface area contributed by atoms with E-state index in [2.05, 4.69) is 19.2 Å². The summed E-state index contributed by atoms with van der Waals surface area (Å²) in [4.78, 5) is 13.1. The van der Waals surface area contributed by atoms with Gasteiger partial charge in [-0.1, -0.05) is 366 Å². The monoisotopic (exact) mass is 1130 g/mol. The van der Waals surface area contributed by atoms with Gasteiger partial charge < -0.3 is 40.3 Å². The lowest BCUT2D eigenvalue weighted by Gasteiger charge is -2.40. The third-order valence-electron chi connectivity index (χ3n) is 17.6. The summed E-state index contributed by atoms with van der Waals surface area (Å²) in [5, 5.41) is 54.7. The highest BCUT2D eigenvalue weighted by Crippen LogP contribution is 2.24. The van der Waals surface area contributed by atoms with Crippen LogP contribution in [0.4, 0.5) is 0 Å². The smallest absolute Gasteiger partial charge is 0.220 e. The summed E-state index contributed by atoms with van der Waals surface area (Å²) >= 11 is 0. The van der Waals surface area contributed by atoms with Gasteiger partial charge in [0, 0.05) is 6.42 Å². The summed E-state index contributed by atoms with van der Waals surface area (Å²) < 4.78 is 11.3. The van der Waals surface area contributed by atoms with Crippen molar-refractivity contribution in [1.29, 1.82) is 0 Å². The Bertz CT molecular complexity index is 1270. The summed E-state index contributed by atoms with van der Waals surface area (Å²) in [6.07, 6.45) is 72.0. The van der Waals surface area contributed by atoms with Gasteiger partial charge in [0.15, 0.2) is 6.29 Å². The third-order valence-corrected chi connectivity index (χ3v) is 17.6. The highest BCUT2D eigenvalue weighted by Gasteiger charge is 2.44. The average Bonchev–Trinajstić information content (AvgIpc) is 3.46. The maximum Gasteiger partial charge on any atom is 0.220 e. The van der Waals surface area contributed by atoms with Crippen LogP contribution in [0.1, 0.15) is 380 Å². The van der Waals surface area contributed by atoms with E-state index in [1.165, 1.54) is 321 Å². The quantitative estimate of drug-likeness (QED) is 0.0261. The van der Waals surface area contributed by atoms with Crippen LogP contribution in [0.2, 0.25) is 0 Å². The molecule has 0 aromatic rings. The molecule has 0 aromatic heterocycles. The number of unbranched alkanes of at least 4 members (excludes halogenated alkanes) is 54. The molecule has 7 atom stereocenters. The molecule has 9 heteroatoms. The number of aliphatic hydroxyl groups is 5. The van der Waals surface area contributed by atoms with E-state index in [0.29, 0.717) is 6.42 Å². The number of carbonyl (C=O) groups is 1. The predicted molar refractivity (Wildman–Crippen MR) is 341 cm³/mol. The fourth-order valence-electron chi connectivity index (χ4n) is 12.0. The number of ether oxygens (including phenoxy) is 2. The van der Waals surface area contributed by atoms with Crippen LogP contribution in [0, 0.1) is 0 Å². The predicted octanol–water partition coefficient (Wildman–Crippen LogP) is 19.5. The summed E-state index contributed by atoms with van der Waals surface area (Å²) in [5.74, 6) is -0.167. The fraction of sp³-hybridized carbons (Fsp3) is 0.958. The van der Waals surface area contributed by atoms with E-state index in [9.17, 15) is 30.3 Å². The van der Waals surface area contributed by atoms with Gasteiger partial charge in [0.2, 0.25) is 5.91 Å². The van der Waals surface area contributed by atoms with Crippen LogP contribution in [-0.2, 0) is 14.3 Å². The van der Waals surface area contributed by atoms with Crippen molar-refractivity contribution in [1.82, 2.24) is 5.32 Å². The lowest BCUT2D eigenvalue weighted by Crippen LogP contribution is -2.60. The van der Waals surface area contributed by atoms with Crippen molar-refractivity contribution in [3.8, 4) is 0 Å². The first kappa shape index (κ1) is 76.9. The molecule has 0 bridgehead atoms. The zero-order valence-corrected chi connectivity index (χ0v) is 53.4. The zero-order valence-electron chi connectivity index (χ0n) is 53.4. The molecule has 1 heterocycles. The second kappa shape index (κ2) is 61.0. The number of aliphatic hydroxyl groups excluding tert-OH is 5. The van der Waals surface area contributed by atoms with Crippen LogP contribution in [-0.4, -0.2) is 87.5 Å². The van der Waals surface area contributed by atoms with Crippen LogP contribution in [0.25, 0.3) is 0 Å². The molecule has 1 amide bonds. The Balaban J connectivity index is 2.03. The second-order valence-electron chi connectivity index (χ2n) is 25.4. The van der Waals surface area contributed by atoms with Crippen molar-refractivity contribution in [3.63, 3.8) is 0 Å². The van der Waals surface area contributed by atoms with E-state index < -0.39 is 49.5 Å². The van der Waals surface area contributed by atoms with Gasteiger partial charge >= 0.3 is 0 Å². The molecular weight excluding hydrogens is 995 g/mol. The molecule has 9 nitrogen and oxygen atoms in total. The molecule has 80 heavy (non-hydrogen) atoms. The summed E-state index contributed by atoms with van der Waals surface area (Å²) in [7, 11) is 0. The van der Waals surface area contributed by atoms with Gasteiger partial charge in [-0.25, -0.2) is 0 Å². The molecule has 0 spiro atoms. The standard InChI is InChI=1S/C71H139NO8/c1-3-5-7-9-11-13-15-17-19-21-23-24-25-26-27-28-29-30-31-32-33-34-35-36-37-38-39-40-41-42-43-45-47-49-51-53-55-57-59-61-67(75)72-64(63-79-71-70(78)69(77)68(76)66(62-73)80-71)65(74)60-58-56-54-52-50-48-46-44-22-20-18-16-14-12-10-8-6-4-2/h58,60,64-66,68-71,73-74,76-78H,3-57,59,61-63H2,1-2H3,(H,72,75)/b60-58+. The van der Waals surface area contributed by atoms with Crippen molar-refractivity contribution >= 4 is 5.91 Å². The number of rotatable bonds is 64. The molecular formula is C71H139NO8. The Morgan fingerprint density at radius 2 is 0.688 bits per heavy atom. The van der Waals surface area contributed by atoms with Gasteiger partial charge in [-0.15, -0.1) is 0 Å². The number of hydrogen-bond donors (Lipinski definition) is 6. The molecule has 1 aliphatic heterocycles. The van der Waals surface area contributed by atoms with Crippen molar-refractivity contribution < 1.29 is 39.8 Å². The van der Waals surface area contributed by atoms with Gasteiger partial charge in [-0.05, 0) is 19.3 Å². The first-order chi connectivity index (χ1) is 39.3. The SMILES string of the molecule is CCCCCCCCCCCCCCCCCC/C=C/C(O)C(COC1OC(CO)C(O)C(O)C1O)NC(=O)CCCCCCCCCCCCCCCCCCCCCCCCCCCCCCCCCCCCCCCCC. The molecule has 7 unspecified atom stereocenters. The highest BCUT2D eigenvalue weighted by molar-refractivity contribution is 5.76. The summed E-state index contributed by atoms with van der Waals surface area (Å²) in [6.45, 7) is 3.84. The number of amides is 1.